The summed E-state index contributed by atoms with van der Waals surface area (Å²) in [6.07, 6.45) is 8.28. The van der Waals surface area contributed by atoms with Gasteiger partial charge in [0.05, 0.1) is 0 Å². The van der Waals surface area contributed by atoms with E-state index >= 15 is 0 Å². The smallest absolute Gasteiger partial charge is 0.191 e. The van der Waals surface area contributed by atoms with Crippen molar-refractivity contribution in [2.24, 2.45) is 4.99 Å². The van der Waals surface area contributed by atoms with Gasteiger partial charge in [0.1, 0.15) is 5.82 Å². The predicted molar refractivity (Wildman–Crippen MR) is 116 cm³/mol. The minimum atomic E-state index is 0.430. The topological polar surface area (TPSA) is 55.8 Å². The molecule has 0 saturated carbocycles. The SMILES string of the molecule is CCCCCCC(C)NC(=NC)NCc1cccnc1N1CCN(C)CC1. The van der Waals surface area contributed by atoms with Crippen LogP contribution < -0.4 is 15.5 Å². The summed E-state index contributed by atoms with van der Waals surface area (Å²) < 4.78 is 0. The number of nitrogens with one attached hydrogen (secondary N) is 2. The molecule has 2 N–H and O–H groups in total. The zero-order chi connectivity index (χ0) is 19.5. The molecule has 1 saturated heterocycles. The highest BCUT2D eigenvalue weighted by Gasteiger charge is 2.18. The van der Waals surface area contributed by atoms with Gasteiger partial charge in [-0.2, -0.15) is 0 Å². The second-order valence-corrected chi connectivity index (χ2v) is 7.60. The first-order chi connectivity index (χ1) is 13.1. The van der Waals surface area contributed by atoms with Gasteiger partial charge in [0, 0.05) is 57.6 Å². The van der Waals surface area contributed by atoms with Crippen LogP contribution in [-0.4, -0.2) is 62.2 Å². The number of hydrogen-bond donors (Lipinski definition) is 2. The van der Waals surface area contributed by atoms with Gasteiger partial charge in [-0.15, -0.1) is 0 Å². The van der Waals surface area contributed by atoms with E-state index in [0.29, 0.717) is 6.04 Å². The van der Waals surface area contributed by atoms with E-state index in [0.717, 1.165) is 44.5 Å². The number of likely N-dealkylation sites (N-methyl/N-ethyl adjacent to an activating group) is 1. The number of aliphatic imine (C=N–C) groups is 1. The van der Waals surface area contributed by atoms with Crippen molar-refractivity contribution >= 4 is 11.8 Å². The average Bonchev–Trinajstić information content (AvgIpc) is 2.69. The lowest BCUT2D eigenvalue weighted by Crippen LogP contribution is -2.45. The molecule has 152 valence electrons. The number of piperazine rings is 1. The summed E-state index contributed by atoms with van der Waals surface area (Å²) in [5, 5.41) is 6.99. The van der Waals surface area contributed by atoms with Gasteiger partial charge in [0.25, 0.3) is 0 Å². The van der Waals surface area contributed by atoms with Gasteiger partial charge < -0.3 is 20.4 Å². The van der Waals surface area contributed by atoms with Crippen LogP contribution in [0.1, 0.15) is 51.5 Å². The molecule has 27 heavy (non-hydrogen) atoms. The first kappa shape index (κ1) is 21.5. The molecular weight excluding hydrogens is 336 g/mol. The lowest BCUT2D eigenvalue weighted by molar-refractivity contribution is 0.312. The van der Waals surface area contributed by atoms with Crippen molar-refractivity contribution in [3.8, 4) is 0 Å². The minimum Gasteiger partial charge on any atom is -0.354 e. The number of nitrogens with zero attached hydrogens (tertiary/aromatic N) is 4. The molecule has 1 atom stereocenters. The van der Waals surface area contributed by atoms with Crippen LogP contribution in [-0.2, 0) is 6.54 Å². The van der Waals surface area contributed by atoms with Crippen LogP contribution in [0, 0.1) is 0 Å². The Morgan fingerprint density at radius 3 is 2.70 bits per heavy atom. The standard InChI is InChI=1S/C21H38N6/c1-5-6-7-8-10-18(2)25-21(22-3)24-17-19-11-9-12-23-20(19)27-15-13-26(4)14-16-27/h9,11-12,18H,5-8,10,13-17H2,1-4H3,(H2,22,24,25). The number of hydrogen-bond acceptors (Lipinski definition) is 4. The first-order valence-electron chi connectivity index (χ1n) is 10.5. The van der Waals surface area contributed by atoms with Crippen molar-refractivity contribution in [3.05, 3.63) is 23.9 Å². The van der Waals surface area contributed by atoms with E-state index in [2.05, 4.69) is 57.4 Å². The van der Waals surface area contributed by atoms with Crippen molar-refractivity contribution in [1.29, 1.82) is 0 Å². The van der Waals surface area contributed by atoms with Crippen molar-refractivity contribution in [1.82, 2.24) is 20.5 Å². The molecule has 2 heterocycles. The van der Waals surface area contributed by atoms with Crippen LogP contribution in [0.25, 0.3) is 0 Å². The van der Waals surface area contributed by atoms with Gasteiger partial charge in [0.2, 0.25) is 0 Å². The number of guanidine groups is 1. The maximum Gasteiger partial charge on any atom is 0.191 e. The second kappa shape index (κ2) is 11.8. The van der Waals surface area contributed by atoms with Gasteiger partial charge in [-0.05, 0) is 26.5 Å². The van der Waals surface area contributed by atoms with Crippen molar-refractivity contribution < 1.29 is 0 Å². The lowest BCUT2D eigenvalue weighted by Gasteiger charge is -2.34. The Kier molecular flexibility index (Phi) is 9.39. The van der Waals surface area contributed by atoms with E-state index in [9.17, 15) is 0 Å². The number of pyridine rings is 1. The summed E-state index contributed by atoms with van der Waals surface area (Å²) in [5.74, 6) is 1.97. The monoisotopic (exact) mass is 374 g/mol. The largest absolute Gasteiger partial charge is 0.354 e. The first-order valence-corrected chi connectivity index (χ1v) is 10.5. The van der Waals surface area contributed by atoms with Crippen molar-refractivity contribution in [2.45, 2.75) is 58.5 Å². The Labute approximate surface area is 165 Å². The molecule has 1 aliphatic heterocycles. The normalized spacial score (nSPS) is 17.0. The Morgan fingerprint density at radius 1 is 1.22 bits per heavy atom. The Morgan fingerprint density at radius 2 is 2.00 bits per heavy atom. The summed E-state index contributed by atoms with van der Waals surface area (Å²) in [4.78, 5) is 13.8. The predicted octanol–water partition coefficient (Wildman–Crippen LogP) is 2.86. The summed E-state index contributed by atoms with van der Waals surface area (Å²) in [6, 6.07) is 4.61. The fraction of sp³-hybridized carbons (Fsp3) is 0.714. The highest BCUT2D eigenvalue weighted by Crippen LogP contribution is 2.18. The zero-order valence-electron chi connectivity index (χ0n) is 17.7. The molecule has 1 fully saturated rings. The molecule has 0 radical (unpaired) electrons. The minimum absolute atomic E-state index is 0.430. The molecule has 0 aliphatic carbocycles. The zero-order valence-corrected chi connectivity index (χ0v) is 17.7. The molecular formula is C21H38N6. The average molecular weight is 375 g/mol. The number of aromatic nitrogens is 1. The van der Waals surface area contributed by atoms with Crippen molar-refractivity contribution in [3.63, 3.8) is 0 Å². The molecule has 0 bridgehead atoms. The lowest BCUT2D eigenvalue weighted by atomic mass is 10.1. The maximum atomic E-state index is 4.66. The fourth-order valence-corrected chi connectivity index (χ4v) is 3.43. The highest BCUT2D eigenvalue weighted by molar-refractivity contribution is 5.80. The van der Waals surface area contributed by atoms with Gasteiger partial charge >= 0.3 is 0 Å². The Bertz CT molecular complexity index is 566. The van der Waals surface area contributed by atoms with E-state index in [1.807, 2.05) is 19.3 Å². The third-order valence-electron chi connectivity index (χ3n) is 5.21. The molecule has 0 aromatic carbocycles. The summed E-state index contributed by atoms with van der Waals surface area (Å²) in [7, 11) is 4.01. The quantitative estimate of drug-likeness (QED) is 0.395. The summed E-state index contributed by atoms with van der Waals surface area (Å²) in [6.45, 7) is 9.45. The third kappa shape index (κ3) is 7.37. The van der Waals surface area contributed by atoms with E-state index in [-0.39, 0.29) is 0 Å². The van der Waals surface area contributed by atoms with E-state index < -0.39 is 0 Å². The van der Waals surface area contributed by atoms with E-state index in [1.165, 1.54) is 37.7 Å². The molecule has 0 amide bonds. The number of rotatable bonds is 9. The van der Waals surface area contributed by atoms with Gasteiger partial charge in [0.15, 0.2) is 5.96 Å². The van der Waals surface area contributed by atoms with Gasteiger partial charge in [-0.25, -0.2) is 4.98 Å². The maximum absolute atomic E-state index is 4.66. The Balaban J connectivity index is 1.85. The van der Waals surface area contributed by atoms with Crippen molar-refractivity contribution in [2.75, 3.05) is 45.2 Å². The summed E-state index contributed by atoms with van der Waals surface area (Å²) in [5.41, 5.74) is 1.22. The molecule has 1 unspecified atom stereocenters. The fourth-order valence-electron chi connectivity index (χ4n) is 3.43. The third-order valence-corrected chi connectivity index (χ3v) is 5.21. The van der Waals surface area contributed by atoms with Gasteiger partial charge in [-0.1, -0.05) is 38.7 Å². The molecule has 1 aliphatic rings. The molecule has 2 rings (SSSR count). The molecule has 0 spiro atoms. The van der Waals surface area contributed by atoms with Gasteiger partial charge in [-0.3, -0.25) is 4.99 Å². The molecule has 1 aromatic heterocycles. The van der Waals surface area contributed by atoms with Crippen LogP contribution in [0.3, 0.4) is 0 Å². The number of unbranched alkanes of at least 4 members (excludes halogenated alkanes) is 3. The molecule has 6 heteroatoms. The molecule has 1 aromatic rings. The highest BCUT2D eigenvalue weighted by atomic mass is 15.3. The van der Waals surface area contributed by atoms with E-state index in [4.69, 9.17) is 0 Å². The second-order valence-electron chi connectivity index (χ2n) is 7.60. The van der Waals surface area contributed by atoms with E-state index in [1.54, 1.807) is 0 Å². The van der Waals surface area contributed by atoms with Crippen LogP contribution in [0.4, 0.5) is 5.82 Å². The van der Waals surface area contributed by atoms with Crippen LogP contribution in [0.15, 0.2) is 23.3 Å². The summed E-state index contributed by atoms with van der Waals surface area (Å²) >= 11 is 0. The Hall–Kier alpha value is -1.82. The number of anilines is 1. The van der Waals surface area contributed by atoms with Crippen LogP contribution in [0.5, 0.6) is 0 Å². The van der Waals surface area contributed by atoms with Crippen LogP contribution >= 0.6 is 0 Å². The van der Waals surface area contributed by atoms with Crippen LogP contribution in [0.2, 0.25) is 0 Å². The molecule has 6 nitrogen and oxygen atoms in total.